The van der Waals surface area contributed by atoms with Gasteiger partial charge in [-0.25, -0.2) is 0 Å². The molecule has 5 aliphatic carbocycles. The van der Waals surface area contributed by atoms with Gasteiger partial charge in [0.25, 0.3) is 5.97 Å². The smallest absolute Gasteiger partial charge is 0.481 e. The van der Waals surface area contributed by atoms with E-state index in [4.69, 9.17) is 80.5 Å². The monoisotopic (exact) mass is 1630 g/mol. The molecule has 0 aromatic heterocycles. The number of ketones is 2. The number of carboxylic acids is 1. The molecule has 2 spiro atoms. The molecular weight excluding hydrogens is 1490 g/mol. The molecule has 35 heteroatoms. The molecule has 0 radical (unpaired) electrons. The maximum absolute atomic E-state index is 12.2. The van der Waals surface area contributed by atoms with Crippen molar-refractivity contribution in [2.45, 2.75) is 288 Å². The van der Waals surface area contributed by atoms with Gasteiger partial charge in [-0.2, -0.15) is 21.6 Å². The minimum Gasteiger partial charge on any atom is -0.481 e. The van der Waals surface area contributed by atoms with Crippen LogP contribution in [0, 0.1) is 0 Å². The van der Waals surface area contributed by atoms with Gasteiger partial charge in [0.15, 0.2) is 11.6 Å². The van der Waals surface area contributed by atoms with Crippen LogP contribution in [0.5, 0.6) is 0 Å². The molecule has 0 aromatic rings. The van der Waals surface area contributed by atoms with E-state index in [0.29, 0.717) is 75.8 Å². The number of aliphatic carboxylic acids is 1. The predicted molar refractivity (Wildman–Crippen MR) is 419 cm³/mol. The molecule has 27 nitrogen and oxygen atoms in total. The van der Waals surface area contributed by atoms with Crippen LogP contribution in [0.1, 0.15) is 213 Å². The number of nitrogens with one attached hydrogen (secondary N) is 1. The highest BCUT2D eigenvalue weighted by atomic mass is 35.5. The van der Waals surface area contributed by atoms with Gasteiger partial charge in [-0.05, 0) is 152 Å². The molecule has 0 aromatic carbocycles. The van der Waals surface area contributed by atoms with Crippen LogP contribution in [0.15, 0.2) is 23.4 Å². The maximum Gasteiger partial charge on any atom is 0.534 e. The molecule has 15 rings (SSSR count). The van der Waals surface area contributed by atoms with Gasteiger partial charge in [0.05, 0.1) is 126 Å². The minimum atomic E-state index is -5.54. The standard InChI is InChI=1S/C16H28BNO3.C12H24B2O4.C12H21NO3.C11H16F3NO4S.C10H17NO2.C8H12O3.C4H9NO.C2H4O2.CH4.ClH/c1-15(2)16(3,4)21-17(20-15)13-5-7-14(8-6-13)18-9-11-19-12-10-18;1-9(2)10(3,4)16-13(15-9)14-17-11(5,6)12(7,8)18-14;1-3-12(15-9-10-16-12)4-2-11(1)13-5-7-14-8-6-13;12-11(13,14)20(16,17)19-10-3-1-9(2-4-10)15-5-7-18-8-6-15;12-10-3-1-9(2-4-10)11-5-7-13-8-6-11;9-7-1-3-8(4-2-7)10-5-6-11-8;1-3-6-4-2-5-1;1-2(3)4;;/h5,14H,6-12H2,1-4H3;1-8H3;11H,1-10H2;3,9H,1-2,4-8H2;9H,1-8H2;1-6H2;5H,1-4H2;1H3,(H,3,4);1H4;1H. The van der Waals surface area contributed by atoms with E-state index in [0.717, 1.165) is 209 Å². The highest BCUT2D eigenvalue weighted by Crippen LogP contribution is 2.45. The minimum absolute atomic E-state index is 0. The lowest BCUT2D eigenvalue weighted by Gasteiger charge is -2.41. The Morgan fingerprint density at radius 3 is 1.08 bits per heavy atom. The van der Waals surface area contributed by atoms with Crippen molar-refractivity contribution in [3.63, 3.8) is 0 Å². The highest BCUT2D eigenvalue weighted by Gasteiger charge is 2.64. The van der Waals surface area contributed by atoms with E-state index in [2.05, 4.69) is 62.9 Å². The van der Waals surface area contributed by atoms with Crippen molar-refractivity contribution in [3.8, 4) is 0 Å². The Morgan fingerprint density at radius 1 is 0.459 bits per heavy atom. The first-order valence-corrected chi connectivity index (χ1v) is 41.6. The Labute approximate surface area is 668 Å². The summed E-state index contributed by atoms with van der Waals surface area (Å²) in [6.45, 7) is 47.1. The fourth-order valence-corrected chi connectivity index (χ4v) is 15.8. The zero-order chi connectivity index (χ0) is 79.4. The van der Waals surface area contributed by atoms with Crippen LogP contribution < -0.4 is 5.32 Å². The molecule has 13 fully saturated rings. The second-order valence-electron chi connectivity index (χ2n) is 33.4. The van der Waals surface area contributed by atoms with Crippen LogP contribution in [-0.2, 0) is 99.2 Å². The van der Waals surface area contributed by atoms with E-state index >= 15 is 0 Å². The number of Topliss-reactive ketones (excluding diaryl/α,β-unsaturated/α-hetero) is 2. The lowest BCUT2D eigenvalue weighted by molar-refractivity contribution is -0.185. The number of hydrogen-bond donors (Lipinski definition) is 2. The predicted octanol–water partition coefficient (Wildman–Crippen LogP) is 9.76. The number of ether oxygens (including phenoxy) is 9. The lowest BCUT2D eigenvalue weighted by Crippen LogP contribution is -2.48. The third kappa shape index (κ3) is 29.2. The summed E-state index contributed by atoms with van der Waals surface area (Å²) in [5.74, 6) is -0.734. The van der Waals surface area contributed by atoms with E-state index in [1.165, 1.54) is 30.8 Å². The van der Waals surface area contributed by atoms with Crippen molar-refractivity contribution in [2.75, 3.05) is 158 Å². The van der Waals surface area contributed by atoms with Crippen molar-refractivity contribution in [1.29, 1.82) is 0 Å². The molecular formula is C76H136B3ClF3N5O22S. The summed E-state index contributed by atoms with van der Waals surface area (Å²) in [5, 5.41) is 10.6. The molecule has 2 N–H and O–H groups in total. The van der Waals surface area contributed by atoms with Gasteiger partial charge in [-0.15, -0.1) is 12.4 Å². The first kappa shape index (κ1) is 97.3. The molecule has 2 atom stereocenters. The van der Waals surface area contributed by atoms with E-state index in [1.807, 2.05) is 55.4 Å². The number of allylic oxidation sites excluding steroid dienone is 2. The van der Waals surface area contributed by atoms with E-state index in [9.17, 15) is 31.2 Å². The Bertz CT molecular complexity index is 2870. The van der Waals surface area contributed by atoms with Gasteiger partial charge in [0, 0.05) is 154 Å². The fourth-order valence-electron chi connectivity index (χ4n) is 15.2. The molecule has 640 valence electrons. The van der Waals surface area contributed by atoms with E-state index in [1.54, 1.807) is 0 Å². The topological polar surface area (TPSA) is 278 Å². The number of hydrogen-bond acceptors (Lipinski definition) is 26. The summed E-state index contributed by atoms with van der Waals surface area (Å²) in [5.41, 5.74) is -5.96. The summed E-state index contributed by atoms with van der Waals surface area (Å²) in [6, 6.07) is 2.25. The average molecular weight is 1630 g/mol. The van der Waals surface area contributed by atoms with Crippen LogP contribution >= 0.6 is 12.4 Å². The number of carbonyl (C=O) groups excluding carboxylic acids is 2. The normalized spacial score (nSPS) is 28.5. The van der Waals surface area contributed by atoms with Gasteiger partial charge in [0.1, 0.15) is 17.3 Å². The fraction of sp³-hybridized carbons (Fsp3) is 0.908. The van der Waals surface area contributed by atoms with Crippen LogP contribution in [0.3, 0.4) is 0 Å². The molecule has 0 bridgehead atoms. The summed E-state index contributed by atoms with van der Waals surface area (Å²) in [7, 11) is -6.65. The largest absolute Gasteiger partial charge is 0.534 e. The first-order chi connectivity index (χ1) is 51.3. The zero-order valence-corrected chi connectivity index (χ0v) is 69.8. The van der Waals surface area contributed by atoms with Crippen molar-refractivity contribution < 1.29 is 116 Å². The van der Waals surface area contributed by atoms with Crippen LogP contribution in [-0.4, -0.2) is 305 Å². The van der Waals surface area contributed by atoms with E-state index < -0.39 is 35.6 Å². The number of carboxylic acid groups (broad SMARTS) is 1. The molecule has 2 unspecified atom stereocenters. The third-order valence-electron chi connectivity index (χ3n) is 24.1. The summed E-state index contributed by atoms with van der Waals surface area (Å²) >= 11 is 0. The molecule has 0 amide bonds. The van der Waals surface area contributed by atoms with Crippen LogP contribution in [0.4, 0.5) is 13.2 Å². The summed E-state index contributed by atoms with van der Waals surface area (Å²) < 4.78 is 147. The number of halogens is 4. The van der Waals surface area contributed by atoms with E-state index in [-0.39, 0.29) is 90.4 Å². The first-order valence-electron chi connectivity index (χ1n) is 40.1. The number of rotatable bonds is 8. The molecule has 3 saturated carbocycles. The van der Waals surface area contributed by atoms with Crippen molar-refractivity contribution >= 4 is 61.2 Å². The third-order valence-corrected chi connectivity index (χ3v) is 25.1. The van der Waals surface area contributed by atoms with Crippen LogP contribution in [0.2, 0.25) is 0 Å². The molecule has 10 heterocycles. The average Bonchev–Trinajstić information content (AvgIpc) is 1.60. The van der Waals surface area contributed by atoms with Crippen LogP contribution in [0.25, 0.3) is 0 Å². The Balaban J connectivity index is 0.000000204. The van der Waals surface area contributed by atoms with Gasteiger partial charge in [0.2, 0.25) is 0 Å². The van der Waals surface area contributed by atoms with Crippen molar-refractivity contribution in [2.24, 2.45) is 0 Å². The lowest BCUT2D eigenvalue weighted by atomic mass is 9.49. The second kappa shape index (κ2) is 44.0. The number of carbonyl (C=O) groups is 3. The number of nitrogens with zero attached hydrogens (tertiary/aromatic N) is 4. The Morgan fingerprint density at radius 2 is 0.766 bits per heavy atom. The van der Waals surface area contributed by atoms with Gasteiger partial charge >= 0.3 is 36.8 Å². The summed E-state index contributed by atoms with van der Waals surface area (Å²) in [4.78, 5) is 40.8. The molecule has 15 aliphatic rings. The number of morpholine rings is 5. The Kier molecular flexibility index (Phi) is 38.6. The van der Waals surface area contributed by atoms with Crippen molar-refractivity contribution in [1.82, 2.24) is 24.9 Å². The Hall–Kier alpha value is -2.49. The van der Waals surface area contributed by atoms with Gasteiger partial charge < -0.3 is 85.2 Å². The van der Waals surface area contributed by atoms with Crippen molar-refractivity contribution in [3.05, 3.63) is 23.4 Å². The highest BCUT2D eigenvalue weighted by molar-refractivity contribution is 7.87. The number of alkyl halides is 3. The van der Waals surface area contributed by atoms with Gasteiger partial charge in [-0.3, -0.25) is 34.0 Å². The molecule has 10 aliphatic heterocycles. The second-order valence-corrected chi connectivity index (χ2v) is 34.9. The van der Waals surface area contributed by atoms with Gasteiger partial charge in [-0.1, -0.05) is 13.5 Å². The molecule has 10 saturated heterocycles. The zero-order valence-electron chi connectivity index (χ0n) is 68.2. The maximum atomic E-state index is 12.2. The SMILES string of the molecule is C.C1CN(C2CCC3(CC2)OCCO3)CCO1.C1COCCN1.CC(=O)O.CC1(C)OB(B2OC(C)(C)C(C)(C)O2)OC1(C)C.CC1(C)OB(C2=CCC(N3CCOCC3)CC2)OC1(C)C.Cl.O=C1CCC(N2CCOCC2)CC1.O=C1CCC2(CC1)OCCO2.O=S(=O)(OC1=CCC(N2CCOCC2)CC1)C(F)(F)F. The molecule has 111 heavy (non-hydrogen) atoms. The quantitative estimate of drug-likeness (QED) is 0.130. The summed E-state index contributed by atoms with van der Waals surface area (Å²) in [6.07, 6.45) is 19.5.